The van der Waals surface area contributed by atoms with Gasteiger partial charge in [-0.1, -0.05) is 31.5 Å². The van der Waals surface area contributed by atoms with Gasteiger partial charge in [0.05, 0.1) is 29.2 Å². The van der Waals surface area contributed by atoms with Crippen LogP contribution in [0, 0.1) is 11.3 Å². The Kier molecular flexibility index (Phi) is 7.95. The molecule has 1 saturated heterocycles. The molecular formula is C30H36N6O3. The number of nitrogens with zero attached hydrogens (tertiary/aromatic N) is 4. The minimum absolute atomic E-state index is 0.131. The number of imidazole rings is 1. The number of rotatable bonds is 7. The Morgan fingerprint density at radius 1 is 1.23 bits per heavy atom. The monoisotopic (exact) mass is 528 g/mol. The number of likely N-dealkylation sites (N-methyl/N-ethyl adjacent to an activating group) is 1. The summed E-state index contributed by atoms with van der Waals surface area (Å²) in [6, 6.07) is 14.7. The minimum Gasteiger partial charge on any atom is -0.456 e. The van der Waals surface area contributed by atoms with Gasteiger partial charge in [0.15, 0.2) is 0 Å². The van der Waals surface area contributed by atoms with Crippen LogP contribution in [0.25, 0.3) is 0 Å². The fourth-order valence-electron chi connectivity index (χ4n) is 5.56. The quantitative estimate of drug-likeness (QED) is 0.467. The highest BCUT2D eigenvalue weighted by atomic mass is 16.5. The van der Waals surface area contributed by atoms with E-state index in [4.69, 9.17) is 4.74 Å². The number of carbonyl (C=O) groups excluding carboxylic acids is 2. The van der Waals surface area contributed by atoms with Gasteiger partial charge in [0.25, 0.3) is 0 Å². The van der Waals surface area contributed by atoms with Gasteiger partial charge in [0.1, 0.15) is 23.1 Å². The highest BCUT2D eigenvalue weighted by Crippen LogP contribution is 2.40. The number of hydrogen-bond acceptors (Lipinski definition) is 5. The van der Waals surface area contributed by atoms with Gasteiger partial charge in [0.2, 0.25) is 5.91 Å². The van der Waals surface area contributed by atoms with Crippen molar-refractivity contribution >= 4 is 11.9 Å². The van der Waals surface area contributed by atoms with E-state index in [1.54, 1.807) is 37.8 Å². The van der Waals surface area contributed by atoms with E-state index in [0.29, 0.717) is 29.0 Å². The molecule has 39 heavy (non-hydrogen) atoms. The van der Waals surface area contributed by atoms with Crippen LogP contribution in [0.15, 0.2) is 55.0 Å². The average molecular weight is 529 g/mol. The van der Waals surface area contributed by atoms with E-state index in [-0.39, 0.29) is 11.9 Å². The molecule has 9 nitrogen and oxygen atoms in total. The molecule has 2 N–H and O–H groups in total. The van der Waals surface area contributed by atoms with Gasteiger partial charge in [-0.15, -0.1) is 0 Å². The summed E-state index contributed by atoms with van der Waals surface area (Å²) in [5.74, 6) is 1.02. The largest absolute Gasteiger partial charge is 0.456 e. The Labute approximate surface area is 229 Å². The van der Waals surface area contributed by atoms with E-state index in [9.17, 15) is 14.9 Å². The van der Waals surface area contributed by atoms with Crippen LogP contribution in [0.2, 0.25) is 0 Å². The van der Waals surface area contributed by atoms with Gasteiger partial charge in [-0.05, 0) is 61.6 Å². The molecule has 4 rings (SSSR count). The first-order valence-electron chi connectivity index (χ1n) is 13.2. The first-order chi connectivity index (χ1) is 18.7. The summed E-state index contributed by atoms with van der Waals surface area (Å²) in [6.45, 7) is 4.69. The second-order valence-corrected chi connectivity index (χ2v) is 10.3. The lowest BCUT2D eigenvalue weighted by Crippen LogP contribution is -2.48. The van der Waals surface area contributed by atoms with Crippen molar-refractivity contribution in [3.63, 3.8) is 0 Å². The second kappa shape index (κ2) is 11.2. The smallest absolute Gasteiger partial charge is 0.315 e. The number of aromatic nitrogens is 2. The highest BCUT2D eigenvalue weighted by molar-refractivity contribution is 5.88. The molecule has 2 unspecified atom stereocenters. The van der Waals surface area contributed by atoms with E-state index in [1.807, 2.05) is 54.8 Å². The molecule has 204 valence electrons. The predicted octanol–water partition coefficient (Wildman–Crippen LogP) is 4.57. The molecule has 1 aliphatic heterocycles. The molecule has 0 radical (unpaired) electrons. The summed E-state index contributed by atoms with van der Waals surface area (Å²) in [7, 11) is 5.28. The van der Waals surface area contributed by atoms with Crippen LogP contribution in [-0.4, -0.2) is 47.0 Å². The van der Waals surface area contributed by atoms with Crippen LogP contribution in [0.5, 0.6) is 11.5 Å². The maximum Gasteiger partial charge on any atom is 0.315 e. The average Bonchev–Trinajstić information content (AvgIpc) is 3.33. The third-order valence-corrected chi connectivity index (χ3v) is 7.92. The van der Waals surface area contributed by atoms with Gasteiger partial charge < -0.3 is 24.8 Å². The maximum atomic E-state index is 13.5. The third-order valence-electron chi connectivity index (χ3n) is 7.92. The topological polar surface area (TPSA) is 112 Å². The summed E-state index contributed by atoms with van der Waals surface area (Å²) < 4.78 is 8.17. The summed E-state index contributed by atoms with van der Waals surface area (Å²) in [4.78, 5) is 32.0. The molecule has 1 aliphatic rings. The van der Waals surface area contributed by atoms with E-state index >= 15 is 0 Å². The molecule has 3 aromatic rings. The third kappa shape index (κ3) is 5.19. The molecule has 2 heterocycles. The van der Waals surface area contributed by atoms with E-state index in [1.165, 1.54) is 0 Å². The zero-order valence-corrected chi connectivity index (χ0v) is 23.2. The van der Waals surface area contributed by atoms with Gasteiger partial charge in [-0.25, -0.2) is 9.78 Å². The molecule has 1 fully saturated rings. The van der Waals surface area contributed by atoms with Gasteiger partial charge in [-0.3, -0.25) is 4.79 Å². The van der Waals surface area contributed by atoms with Crippen LogP contribution in [0.4, 0.5) is 4.79 Å². The Hall–Kier alpha value is -4.32. The number of ether oxygens (including phenoxy) is 1. The number of hydrogen-bond donors (Lipinski definition) is 2. The fraction of sp³-hybridized carbons (Fsp3) is 0.400. The number of amides is 3. The fourth-order valence-corrected chi connectivity index (χ4v) is 5.56. The predicted molar refractivity (Wildman–Crippen MR) is 148 cm³/mol. The molecule has 0 saturated carbocycles. The summed E-state index contributed by atoms with van der Waals surface area (Å²) in [5, 5.41) is 15.5. The van der Waals surface area contributed by atoms with Crippen molar-refractivity contribution in [3.05, 3.63) is 77.4 Å². The van der Waals surface area contributed by atoms with Crippen LogP contribution in [0.3, 0.4) is 0 Å². The Morgan fingerprint density at radius 2 is 2.03 bits per heavy atom. The van der Waals surface area contributed by atoms with Crippen molar-refractivity contribution < 1.29 is 14.3 Å². The molecule has 1 aromatic heterocycles. The van der Waals surface area contributed by atoms with Crippen molar-refractivity contribution in [2.45, 2.75) is 50.5 Å². The van der Waals surface area contributed by atoms with Gasteiger partial charge >= 0.3 is 6.03 Å². The van der Waals surface area contributed by atoms with Crippen LogP contribution >= 0.6 is 0 Å². The number of carbonyl (C=O) groups is 2. The molecule has 9 heteroatoms. The second-order valence-electron chi connectivity index (χ2n) is 10.3. The standard InChI is InChI=1S/C30H36N6O3/c1-6-30(14-7-8-15-35(4)27(30)37)23-10-9-11-24(16-23)39-25-17-22(13-12-21(25)18-31)29(2,34-28(38)32-3)26-19-33-20-36(26)5/h9-13,16-17,19-20H,6-8,14-15H2,1-5H3,(H2,32,34,38). The van der Waals surface area contributed by atoms with Crippen LogP contribution in [0.1, 0.15) is 61.9 Å². The SMILES string of the molecule is CCC1(c2cccc(Oc3cc(C(C)(NC(=O)NC)c4cncn4C)ccc3C#N)c2)CCCCN(C)C1=O. The molecule has 2 aromatic carbocycles. The lowest BCUT2D eigenvalue weighted by atomic mass is 9.73. The molecule has 0 spiro atoms. The summed E-state index contributed by atoms with van der Waals surface area (Å²) >= 11 is 0. The number of urea groups is 1. The molecule has 0 bridgehead atoms. The van der Waals surface area contributed by atoms with E-state index in [0.717, 1.165) is 37.1 Å². The lowest BCUT2D eigenvalue weighted by molar-refractivity contribution is -0.135. The molecule has 0 aliphatic carbocycles. The van der Waals surface area contributed by atoms with Crippen molar-refractivity contribution in [1.82, 2.24) is 25.1 Å². The van der Waals surface area contributed by atoms with Crippen LogP contribution < -0.4 is 15.4 Å². The van der Waals surface area contributed by atoms with Crippen molar-refractivity contribution in [2.75, 3.05) is 20.6 Å². The van der Waals surface area contributed by atoms with E-state index < -0.39 is 11.0 Å². The normalized spacial score (nSPS) is 19.0. The van der Waals surface area contributed by atoms with E-state index in [2.05, 4.69) is 28.6 Å². The molecule has 2 atom stereocenters. The van der Waals surface area contributed by atoms with Gasteiger partial charge in [-0.2, -0.15) is 5.26 Å². The molecule has 3 amide bonds. The first kappa shape index (κ1) is 27.7. The van der Waals surface area contributed by atoms with Crippen molar-refractivity contribution in [3.8, 4) is 17.6 Å². The first-order valence-corrected chi connectivity index (χ1v) is 13.2. The summed E-state index contributed by atoms with van der Waals surface area (Å²) in [6.07, 6.45) is 6.79. The maximum absolute atomic E-state index is 13.5. The Bertz CT molecular complexity index is 1410. The number of benzene rings is 2. The minimum atomic E-state index is -0.969. The Balaban J connectivity index is 1.76. The summed E-state index contributed by atoms with van der Waals surface area (Å²) in [5.41, 5.74) is 1.15. The number of nitrogens with one attached hydrogen (secondary N) is 2. The number of aryl methyl sites for hydroxylation is 1. The zero-order valence-electron chi connectivity index (χ0n) is 23.2. The number of nitriles is 1. The van der Waals surface area contributed by atoms with Crippen molar-refractivity contribution in [1.29, 1.82) is 5.26 Å². The molecular weight excluding hydrogens is 492 g/mol. The Morgan fingerprint density at radius 3 is 2.69 bits per heavy atom. The number of likely N-dealkylation sites (tertiary alicyclic amines) is 1. The highest BCUT2D eigenvalue weighted by Gasteiger charge is 2.41. The van der Waals surface area contributed by atoms with Gasteiger partial charge in [0, 0.05) is 27.7 Å². The lowest BCUT2D eigenvalue weighted by Gasteiger charge is -2.33. The van der Waals surface area contributed by atoms with Crippen molar-refractivity contribution in [2.24, 2.45) is 7.05 Å². The van der Waals surface area contributed by atoms with Crippen LogP contribution in [-0.2, 0) is 22.8 Å². The zero-order chi connectivity index (χ0) is 28.2.